The number of carbonyl (C=O) groups is 6. The Bertz CT molecular complexity index is 2610. The monoisotopic (exact) mass is 942 g/mol. The molecular formula is C46H42Cl4N8O6. The number of amides is 4. The minimum Gasteiger partial charge on any atom is -0.324 e. The molecule has 5 rings (SSSR count). The predicted molar refractivity (Wildman–Crippen MR) is 251 cm³/mol. The van der Waals surface area contributed by atoms with Gasteiger partial charge in [-0.2, -0.15) is 20.5 Å². The molecule has 2 atom stereocenters. The number of rotatable bonds is 18. The fourth-order valence-electron chi connectivity index (χ4n) is 6.13. The number of anilines is 4. The van der Waals surface area contributed by atoms with Gasteiger partial charge in [-0.05, 0) is 122 Å². The number of azo groups is 2. The Morgan fingerprint density at radius 3 is 1.27 bits per heavy atom. The lowest BCUT2D eigenvalue weighted by molar-refractivity contribution is -0.127. The van der Waals surface area contributed by atoms with Crippen LogP contribution >= 0.6 is 46.4 Å². The SMILES string of the molecule is CCc1cc(NC(=O)C(N=Nc2cc(Cl)cc(C(=O)Nc3ccc(CCl)cc3)c2)C(C)=O)cc(CC)c1NC(=O)C(N=Nc1cc(Cl)cc(C(=O)Nc2ccc(CCl)cc2)c1)C(C)=O. The highest BCUT2D eigenvalue weighted by Crippen LogP contribution is 2.30. The summed E-state index contributed by atoms with van der Waals surface area (Å²) in [6, 6.07) is 22.7. The molecule has 0 heterocycles. The van der Waals surface area contributed by atoms with Crippen LogP contribution in [0.2, 0.25) is 10.0 Å². The van der Waals surface area contributed by atoms with Gasteiger partial charge in [0.2, 0.25) is 12.1 Å². The maximum Gasteiger partial charge on any atom is 0.258 e. The van der Waals surface area contributed by atoms with Crippen LogP contribution in [-0.2, 0) is 43.8 Å². The zero-order chi connectivity index (χ0) is 46.5. The normalized spacial score (nSPS) is 12.1. The molecule has 0 saturated carbocycles. The fraction of sp³-hybridized carbons (Fsp3) is 0.217. The molecule has 64 heavy (non-hydrogen) atoms. The third kappa shape index (κ3) is 13.3. The van der Waals surface area contributed by atoms with Crippen molar-refractivity contribution in [3.63, 3.8) is 0 Å². The first-order valence-corrected chi connectivity index (χ1v) is 21.6. The van der Waals surface area contributed by atoms with Gasteiger partial charge in [0.15, 0.2) is 11.6 Å². The van der Waals surface area contributed by atoms with E-state index in [0.717, 1.165) is 11.1 Å². The molecule has 0 aliphatic rings. The van der Waals surface area contributed by atoms with Crippen LogP contribution in [0.15, 0.2) is 118 Å². The molecule has 2 unspecified atom stereocenters. The molecule has 0 bridgehead atoms. The second-order valence-electron chi connectivity index (χ2n) is 14.3. The van der Waals surface area contributed by atoms with Gasteiger partial charge in [-0.25, -0.2) is 0 Å². The molecule has 0 spiro atoms. The van der Waals surface area contributed by atoms with Gasteiger partial charge in [0.05, 0.1) is 11.4 Å². The number of carbonyl (C=O) groups excluding carboxylic acids is 6. The molecule has 18 heteroatoms. The van der Waals surface area contributed by atoms with Crippen LogP contribution in [0.25, 0.3) is 0 Å². The van der Waals surface area contributed by atoms with E-state index in [4.69, 9.17) is 46.4 Å². The Morgan fingerprint density at radius 2 is 0.906 bits per heavy atom. The molecule has 330 valence electrons. The number of hydrogen-bond donors (Lipinski definition) is 4. The van der Waals surface area contributed by atoms with Gasteiger partial charge < -0.3 is 21.3 Å². The number of hydrogen-bond acceptors (Lipinski definition) is 10. The minimum absolute atomic E-state index is 0.129. The molecule has 0 aliphatic carbocycles. The summed E-state index contributed by atoms with van der Waals surface area (Å²) in [6.45, 7) is 6.06. The topological polar surface area (TPSA) is 200 Å². The second-order valence-corrected chi connectivity index (χ2v) is 15.7. The first-order chi connectivity index (χ1) is 30.6. The summed E-state index contributed by atoms with van der Waals surface area (Å²) in [5.41, 5.74) is 5.35. The molecule has 5 aromatic rings. The third-order valence-corrected chi connectivity index (χ3v) is 10.5. The Labute approximate surface area is 389 Å². The van der Waals surface area contributed by atoms with Gasteiger partial charge >= 0.3 is 0 Å². The summed E-state index contributed by atoms with van der Waals surface area (Å²) >= 11 is 24.3. The summed E-state index contributed by atoms with van der Waals surface area (Å²) in [5, 5.41) is 27.7. The quantitative estimate of drug-likeness (QED) is 0.0382. The number of halogens is 4. The molecule has 14 nitrogen and oxygen atoms in total. The van der Waals surface area contributed by atoms with Crippen molar-refractivity contribution in [3.05, 3.63) is 140 Å². The lowest BCUT2D eigenvalue weighted by Gasteiger charge is -2.19. The Kier molecular flexibility index (Phi) is 17.4. The van der Waals surface area contributed by atoms with Crippen molar-refractivity contribution in [3.8, 4) is 0 Å². The highest BCUT2D eigenvalue weighted by atomic mass is 35.5. The van der Waals surface area contributed by atoms with Crippen LogP contribution < -0.4 is 21.3 Å². The van der Waals surface area contributed by atoms with Crippen LogP contribution in [0.3, 0.4) is 0 Å². The van der Waals surface area contributed by atoms with Crippen molar-refractivity contribution in [1.82, 2.24) is 0 Å². The van der Waals surface area contributed by atoms with Crippen LogP contribution in [0.4, 0.5) is 34.1 Å². The largest absolute Gasteiger partial charge is 0.324 e. The number of aryl methyl sites for hydroxylation is 2. The maximum atomic E-state index is 13.7. The van der Waals surface area contributed by atoms with Crippen LogP contribution in [-0.4, -0.2) is 47.3 Å². The zero-order valence-corrected chi connectivity index (χ0v) is 38.0. The van der Waals surface area contributed by atoms with Gasteiger partial charge in [0.1, 0.15) is 0 Å². The van der Waals surface area contributed by atoms with Crippen LogP contribution in [0.5, 0.6) is 0 Å². The smallest absolute Gasteiger partial charge is 0.258 e. The number of ketones is 2. The van der Waals surface area contributed by atoms with Crippen molar-refractivity contribution in [2.75, 3.05) is 21.3 Å². The lowest BCUT2D eigenvalue weighted by atomic mass is 10.0. The van der Waals surface area contributed by atoms with Gasteiger partial charge in [-0.15, -0.1) is 23.2 Å². The van der Waals surface area contributed by atoms with E-state index >= 15 is 0 Å². The van der Waals surface area contributed by atoms with Gasteiger partial charge in [0, 0.05) is 55.7 Å². The van der Waals surface area contributed by atoms with Crippen molar-refractivity contribution in [2.24, 2.45) is 20.5 Å². The van der Waals surface area contributed by atoms with Crippen molar-refractivity contribution >= 4 is 116 Å². The van der Waals surface area contributed by atoms with E-state index in [1.165, 1.54) is 50.2 Å². The van der Waals surface area contributed by atoms with E-state index < -0.39 is 47.3 Å². The van der Waals surface area contributed by atoms with Crippen molar-refractivity contribution in [2.45, 2.75) is 64.4 Å². The molecule has 0 saturated heterocycles. The summed E-state index contributed by atoms with van der Waals surface area (Å²) in [5.74, 6) is -3.04. The Hall–Kier alpha value is -6.32. The van der Waals surface area contributed by atoms with Crippen molar-refractivity contribution < 1.29 is 28.8 Å². The van der Waals surface area contributed by atoms with Gasteiger partial charge in [-0.1, -0.05) is 61.3 Å². The number of alkyl halides is 2. The average Bonchev–Trinajstić information content (AvgIpc) is 3.26. The molecular weight excluding hydrogens is 902 g/mol. The number of nitrogens with one attached hydrogen (secondary N) is 4. The van der Waals surface area contributed by atoms with Crippen LogP contribution in [0, 0.1) is 0 Å². The Balaban J connectivity index is 1.29. The standard InChI is InChI=1S/C46H42Cl4N8O6/c1-5-29-17-37(53-45(63)40(25(3)59)57-55-38-19-31(15-33(49)21-38)43(61)51-35-11-7-27(23-47)8-12-35)18-30(6-2)42(29)54-46(64)41(26(4)60)58-56-39-20-32(16-34(50)22-39)44(62)52-36-13-9-28(24-48)10-14-36/h7-22,40-41H,5-6,23-24H2,1-4H3,(H,51,61)(H,52,62)(H,53,63)(H,54,64). The minimum atomic E-state index is -1.56. The van der Waals surface area contributed by atoms with E-state index in [1.807, 2.05) is 13.8 Å². The summed E-state index contributed by atoms with van der Waals surface area (Å²) in [7, 11) is 0. The highest BCUT2D eigenvalue weighted by Gasteiger charge is 2.27. The van der Waals surface area contributed by atoms with E-state index in [9.17, 15) is 28.8 Å². The van der Waals surface area contributed by atoms with Crippen molar-refractivity contribution in [1.29, 1.82) is 0 Å². The highest BCUT2D eigenvalue weighted by molar-refractivity contribution is 6.31. The van der Waals surface area contributed by atoms with E-state index in [2.05, 4.69) is 41.7 Å². The van der Waals surface area contributed by atoms with E-state index in [0.29, 0.717) is 58.5 Å². The van der Waals surface area contributed by atoms with Gasteiger partial charge in [0.25, 0.3) is 23.6 Å². The number of benzene rings is 5. The fourth-order valence-corrected chi connectivity index (χ4v) is 6.95. The third-order valence-electron chi connectivity index (χ3n) is 9.45. The summed E-state index contributed by atoms with van der Waals surface area (Å²) in [4.78, 5) is 78.6. The zero-order valence-electron chi connectivity index (χ0n) is 35.0. The molecule has 0 aliphatic heterocycles. The van der Waals surface area contributed by atoms with E-state index in [-0.39, 0.29) is 32.5 Å². The molecule has 4 N–H and O–H groups in total. The first kappa shape index (κ1) is 48.7. The summed E-state index contributed by atoms with van der Waals surface area (Å²) in [6.07, 6.45) is 0.782. The predicted octanol–water partition coefficient (Wildman–Crippen LogP) is 11.5. The summed E-state index contributed by atoms with van der Waals surface area (Å²) < 4.78 is 0. The Morgan fingerprint density at radius 1 is 0.516 bits per heavy atom. The van der Waals surface area contributed by atoms with Gasteiger partial charge in [-0.3, -0.25) is 28.8 Å². The molecule has 0 aromatic heterocycles. The lowest BCUT2D eigenvalue weighted by Crippen LogP contribution is -2.33. The van der Waals surface area contributed by atoms with Crippen LogP contribution in [0.1, 0.15) is 70.7 Å². The number of Topliss-reactive ketones (excluding diaryl/α,β-unsaturated/α-hetero) is 2. The molecule has 5 aromatic carbocycles. The number of nitrogens with zero attached hydrogens (tertiary/aromatic N) is 4. The second kappa shape index (κ2) is 22.9. The average molecular weight is 945 g/mol. The van der Waals surface area contributed by atoms with E-state index in [1.54, 1.807) is 60.7 Å². The molecule has 0 radical (unpaired) electrons. The molecule has 4 amide bonds. The first-order valence-electron chi connectivity index (χ1n) is 19.7. The molecule has 0 fully saturated rings. The maximum absolute atomic E-state index is 13.7.